The molecule has 0 bridgehead atoms. The number of hydrogen-bond donors (Lipinski definition) is 0. The summed E-state index contributed by atoms with van der Waals surface area (Å²) in [5.74, 6) is 1.47. The van der Waals surface area contributed by atoms with Crippen LogP contribution in [-0.2, 0) is 0 Å². The highest BCUT2D eigenvalue weighted by Gasteiger charge is 2.22. The summed E-state index contributed by atoms with van der Waals surface area (Å²) < 4.78 is 4.57. The lowest BCUT2D eigenvalue weighted by atomic mass is 10.00. The van der Waals surface area contributed by atoms with Gasteiger partial charge >= 0.3 is 0 Å². The van der Waals surface area contributed by atoms with Crippen LogP contribution in [0.15, 0.2) is 152 Å². The van der Waals surface area contributed by atoms with Gasteiger partial charge in [0.1, 0.15) is 5.82 Å². The van der Waals surface area contributed by atoms with E-state index in [1.54, 1.807) is 0 Å². The van der Waals surface area contributed by atoms with E-state index < -0.39 is 0 Å². The Labute approximate surface area is 276 Å². The van der Waals surface area contributed by atoms with E-state index in [0.29, 0.717) is 11.6 Å². The van der Waals surface area contributed by atoms with Gasteiger partial charge in [-0.05, 0) is 42.8 Å². The third-order valence-electron chi connectivity index (χ3n) is 9.50. The van der Waals surface area contributed by atoms with Crippen molar-refractivity contribution in [2.45, 2.75) is 12.3 Å². The largest absolute Gasteiger partial charge is 0.309 e. The zero-order valence-corrected chi connectivity index (χ0v) is 25.9. The molecule has 1 unspecified atom stereocenters. The van der Waals surface area contributed by atoms with E-state index in [1.165, 1.54) is 16.3 Å². The minimum absolute atomic E-state index is 0.112. The summed E-state index contributed by atoms with van der Waals surface area (Å²) in [6.45, 7) is 0. The fourth-order valence-corrected chi connectivity index (χ4v) is 7.29. The first kappa shape index (κ1) is 26.8. The van der Waals surface area contributed by atoms with Crippen molar-refractivity contribution in [2.75, 3.05) is 0 Å². The van der Waals surface area contributed by atoms with Crippen LogP contribution in [0.25, 0.3) is 77.5 Å². The topological polar surface area (TPSA) is 61.4 Å². The Balaban J connectivity index is 1.30. The molecule has 9 aromatic rings. The highest BCUT2D eigenvalue weighted by atomic mass is 15.2. The minimum atomic E-state index is 0.112. The maximum absolute atomic E-state index is 5.29. The first-order chi connectivity index (χ1) is 23.8. The standard InChI is InChI=1S/C42H28N6/c1-4-14-27(15-5-1)39-34-26-43-40(28-16-6-2-7-17-28)45-41(34)46-42(44-39)48-36-23-13-11-21-31(36)33-24-37-32(25-38(33)48)30-20-10-12-22-35(30)47(37)29-18-8-3-9-19-29/h1-16,18-26,28H,17H2. The smallest absolute Gasteiger partial charge is 0.237 e. The van der Waals surface area contributed by atoms with E-state index in [-0.39, 0.29) is 5.92 Å². The molecule has 0 radical (unpaired) electrons. The van der Waals surface area contributed by atoms with Gasteiger partial charge in [-0.25, -0.2) is 15.0 Å². The molecule has 5 aromatic carbocycles. The molecule has 0 saturated carbocycles. The van der Waals surface area contributed by atoms with Gasteiger partial charge in [-0.3, -0.25) is 4.57 Å². The summed E-state index contributed by atoms with van der Waals surface area (Å²) in [6.07, 6.45) is 11.2. The average molecular weight is 617 g/mol. The second kappa shape index (κ2) is 10.6. The number of nitrogens with zero attached hydrogens (tertiary/aromatic N) is 6. The SMILES string of the molecule is C1=CCC(c2ncc3c(-c4ccccc4)nc(-n4c5ccccc5c5cc6c(cc54)c4ccccc4n6-c4ccccc4)nc3n2)C=C1. The lowest BCUT2D eigenvalue weighted by Gasteiger charge is -2.14. The Hall–Kier alpha value is -6.40. The Morgan fingerprint density at radius 1 is 0.542 bits per heavy atom. The molecule has 0 aliphatic heterocycles. The number of aromatic nitrogens is 6. The third-order valence-corrected chi connectivity index (χ3v) is 9.50. The zero-order valence-electron chi connectivity index (χ0n) is 25.9. The maximum Gasteiger partial charge on any atom is 0.237 e. The second-order valence-electron chi connectivity index (χ2n) is 12.3. The van der Waals surface area contributed by atoms with Crippen molar-refractivity contribution in [3.63, 3.8) is 0 Å². The summed E-state index contributed by atoms with van der Waals surface area (Å²) >= 11 is 0. The highest BCUT2D eigenvalue weighted by Crippen LogP contribution is 2.39. The van der Waals surface area contributed by atoms with E-state index in [2.05, 4.69) is 137 Å². The van der Waals surface area contributed by atoms with Gasteiger partial charge in [0, 0.05) is 44.9 Å². The number of hydrogen-bond acceptors (Lipinski definition) is 4. The molecule has 0 spiro atoms. The summed E-state index contributed by atoms with van der Waals surface area (Å²) in [7, 11) is 0. The fraction of sp³-hybridized carbons (Fsp3) is 0.0476. The van der Waals surface area contributed by atoms with E-state index in [0.717, 1.165) is 61.9 Å². The lowest BCUT2D eigenvalue weighted by molar-refractivity contribution is 0.776. The molecule has 0 saturated heterocycles. The van der Waals surface area contributed by atoms with Gasteiger partial charge in [0.15, 0.2) is 5.65 Å². The van der Waals surface area contributed by atoms with Crippen LogP contribution in [0.3, 0.4) is 0 Å². The molecule has 1 atom stereocenters. The Bertz CT molecular complexity index is 2750. The minimum Gasteiger partial charge on any atom is -0.309 e. The zero-order chi connectivity index (χ0) is 31.6. The molecule has 0 N–H and O–H groups in total. The predicted molar refractivity (Wildman–Crippen MR) is 195 cm³/mol. The second-order valence-corrected chi connectivity index (χ2v) is 12.3. The van der Waals surface area contributed by atoms with E-state index in [4.69, 9.17) is 19.9 Å². The fourth-order valence-electron chi connectivity index (χ4n) is 7.29. The normalized spacial score (nSPS) is 14.6. The van der Waals surface area contributed by atoms with Gasteiger partial charge in [0.05, 0.1) is 33.1 Å². The van der Waals surface area contributed by atoms with Crippen LogP contribution in [0.4, 0.5) is 0 Å². The van der Waals surface area contributed by atoms with Crippen LogP contribution >= 0.6 is 0 Å². The van der Waals surface area contributed by atoms with E-state index >= 15 is 0 Å². The Kier molecular flexibility index (Phi) is 5.90. The number of allylic oxidation sites excluding steroid dienone is 4. The van der Waals surface area contributed by atoms with Crippen molar-refractivity contribution in [1.29, 1.82) is 0 Å². The lowest BCUT2D eigenvalue weighted by Crippen LogP contribution is -2.08. The number of benzene rings is 5. The first-order valence-corrected chi connectivity index (χ1v) is 16.3. The summed E-state index contributed by atoms with van der Waals surface area (Å²) in [5.41, 5.74) is 8.01. The Morgan fingerprint density at radius 3 is 1.90 bits per heavy atom. The van der Waals surface area contributed by atoms with Crippen molar-refractivity contribution in [2.24, 2.45) is 0 Å². The van der Waals surface area contributed by atoms with Gasteiger partial charge in [-0.2, -0.15) is 4.98 Å². The number of fused-ring (bicyclic) bond motifs is 7. The molecular weight excluding hydrogens is 589 g/mol. The monoisotopic (exact) mass is 616 g/mol. The molecule has 6 nitrogen and oxygen atoms in total. The van der Waals surface area contributed by atoms with Crippen molar-refractivity contribution < 1.29 is 0 Å². The molecule has 6 heteroatoms. The van der Waals surface area contributed by atoms with Crippen LogP contribution < -0.4 is 0 Å². The quantitative estimate of drug-likeness (QED) is 0.197. The summed E-state index contributed by atoms with van der Waals surface area (Å²) in [6, 6.07) is 42.7. The van der Waals surface area contributed by atoms with Crippen LogP contribution in [0.1, 0.15) is 18.2 Å². The number of para-hydroxylation sites is 3. The van der Waals surface area contributed by atoms with Crippen molar-refractivity contribution >= 4 is 54.6 Å². The van der Waals surface area contributed by atoms with Gasteiger partial charge in [-0.15, -0.1) is 0 Å². The maximum atomic E-state index is 5.29. The molecule has 0 amide bonds. The molecule has 10 rings (SSSR count). The molecule has 4 heterocycles. The van der Waals surface area contributed by atoms with E-state index in [9.17, 15) is 0 Å². The van der Waals surface area contributed by atoms with Crippen molar-refractivity contribution in [1.82, 2.24) is 29.1 Å². The molecular formula is C42H28N6. The van der Waals surface area contributed by atoms with Gasteiger partial charge in [0.25, 0.3) is 0 Å². The van der Waals surface area contributed by atoms with Crippen LogP contribution in [0.5, 0.6) is 0 Å². The molecule has 1 aliphatic rings. The van der Waals surface area contributed by atoms with Crippen LogP contribution in [-0.4, -0.2) is 29.1 Å². The molecule has 226 valence electrons. The molecule has 48 heavy (non-hydrogen) atoms. The number of rotatable bonds is 4. The van der Waals surface area contributed by atoms with Gasteiger partial charge < -0.3 is 4.57 Å². The predicted octanol–water partition coefficient (Wildman–Crippen LogP) is 9.88. The molecule has 1 aliphatic carbocycles. The van der Waals surface area contributed by atoms with Crippen molar-refractivity contribution in [3.05, 3.63) is 158 Å². The van der Waals surface area contributed by atoms with Crippen molar-refractivity contribution in [3.8, 4) is 22.9 Å². The van der Waals surface area contributed by atoms with Gasteiger partial charge in [-0.1, -0.05) is 109 Å². The summed E-state index contributed by atoms with van der Waals surface area (Å²) in [4.78, 5) is 20.4. The highest BCUT2D eigenvalue weighted by molar-refractivity contribution is 6.19. The van der Waals surface area contributed by atoms with Gasteiger partial charge in [0.2, 0.25) is 5.95 Å². The molecule has 4 aromatic heterocycles. The average Bonchev–Trinajstić information content (AvgIpc) is 3.66. The first-order valence-electron chi connectivity index (χ1n) is 16.3. The van der Waals surface area contributed by atoms with E-state index in [1.807, 2.05) is 24.4 Å². The van der Waals surface area contributed by atoms with Crippen LogP contribution in [0.2, 0.25) is 0 Å². The molecule has 0 fully saturated rings. The Morgan fingerprint density at radius 2 is 1.19 bits per heavy atom. The third kappa shape index (κ3) is 4.06. The van der Waals surface area contributed by atoms with Crippen LogP contribution in [0, 0.1) is 0 Å². The summed E-state index contributed by atoms with van der Waals surface area (Å²) in [5, 5.41) is 5.50.